The van der Waals surface area contributed by atoms with Gasteiger partial charge in [-0.3, -0.25) is 0 Å². The van der Waals surface area contributed by atoms with Crippen LogP contribution in [0.2, 0.25) is 0 Å². The summed E-state index contributed by atoms with van der Waals surface area (Å²) in [6.07, 6.45) is 0. The van der Waals surface area contributed by atoms with E-state index >= 15 is 0 Å². The summed E-state index contributed by atoms with van der Waals surface area (Å²) in [6.45, 7) is 0. The summed E-state index contributed by atoms with van der Waals surface area (Å²) in [6, 6.07) is 57.6. The fourth-order valence-corrected chi connectivity index (χ4v) is 8.59. The Morgan fingerprint density at radius 2 is 1.02 bits per heavy atom. The minimum absolute atomic E-state index is 1.16. The molecule has 10 aromatic rings. The first kappa shape index (κ1) is 24.8. The second-order valence-electron chi connectivity index (χ2n) is 11.8. The Balaban J connectivity index is 1.29. The second kappa shape index (κ2) is 9.43. The molecule has 7 aromatic carbocycles. The summed E-state index contributed by atoms with van der Waals surface area (Å²) in [5.74, 6) is 0. The predicted octanol–water partition coefficient (Wildman–Crippen LogP) is 11.9. The zero-order valence-electron chi connectivity index (χ0n) is 24.3. The van der Waals surface area contributed by atoms with E-state index < -0.39 is 0 Å². The number of rotatable bonds is 3. The van der Waals surface area contributed by atoms with Gasteiger partial charge in [0.05, 0.1) is 22.1 Å². The molecule has 0 spiro atoms. The van der Waals surface area contributed by atoms with E-state index in [4.69, 9.17) is 0 Å². The lowest BCUT2D eigenvalue weighted by Gasteiger charge is -2.11. The molecule has 0 radical (unpaired) electrons. The van der Waals surface area contributed by atoms with E-state index in [1.165, 1.54) is 80.6 Å². The Hall–Kier alpha value is -5.64. The van der Waals surface area contributed by atoms with Gasteiger partial charge in [-0.05, 0) is 65.7 Å². The molecule has 3 heterocycles. The average Bonchev–Trinajstić information content (AvgIpc) is 3.76. The highest BCUT2D eigenvalue weighted by Crippen LogP contribution is 2.44. The molecular weight excluding hydrogens is 565 g/mol. The summed E-state index contributed by atoms with van der Waals surface area (Å²) in [7, 11) is 0. The molecule has 0 aliphatic carbocycles. The minimum atomic E-state index is 1.16. The maximum absolute atomic E-state index is 2.44. The summed E-state index contributed by atoms with van der Waals surface area (Å²) in [5.41, 5.74) is 9.68. The Morgan fingerprint density at radius 3 is 1.89 bits per heavy atom. The van der Waals surface area contributed by atoms with Gasteiger partial charge < -0.3 is 9.13 Å². The second-order valence-corrected chi connectivity index (χ2v) is 12.8. The van der Waals surface area contributed by atoms with Crippen LogP contribution >= 0.6 is 11.3 Å². The van der Waals surface area contributed by atoms with Crippen LogP contribution in [0.4, 0.5) is 0 Å². The maximum atomic E-state index is 2.44. The van der Waals surface area contributed by atoms with Gasteiger partial charge in [0.25, 0.3) is 0 Å². The molecule has 3 aromatic heterocycles. The van der Waals surface area contributed by atoms with Crippen molar-refractivity contribution in [2.24, 2.45) is 0 Å². The third-order valence-electron chi connectivity index (χ3n) is 9.31. The van der Waals surface area contributed by atoms with Crippen LogP contribution in [-0.4, -0.2) is 9.13 Å². The minimum Gasteiger partial charge on any atom is -0.309 e. The van der Waals surface area contributed by atoms with Crippen LogP contribution < -0.4 is 0 Å². The molecule has 0 saturated carbocycles. The van der Waals surface area contributed by atoms with Crippen molar-refractivity contribution in [1.82, 2.24) is 9.13 Å². The van der Waals surface area contributed by atoms with Crippen molar-refractivity contribution in [1.29, 1.82) is 0 Å². The van der Waals surface area contributed by atoms with E-state index in [0.717, 1.165) is 5.69 Å². The van der Waals surface area contributed by atoms with Gasteiger partial charge in [0.15, 0.2) is 0 Å². The van der Waals surface area contributed by atoms with Crippen molar-refractivity contribution in [3.05, 3.63) is 158 Å². The Bertz CT molecular complexity index is 2740. The van der Waals surface area contributed by atoms with Crippen LogP contribution in [0.15, 0.2) is 158 Å². The molecule has 10 rings (SSSR count). The molecule has 210 valence electrons. The fraction of sp³-hybridized carbons (Fsp3) is 0. The predicted molar refractivity (Wildman–Crippen MR) is 193 cm³/mol. The standard InChI is InChI=1S/C42H26N2S/c1-3-11-27(12-4-1)28-19-23-37-35(25-28)31-15-7-9-17-36(31)44(37)30-20-21-34-39(26-30)43(29-13-5-2-6-14-29)38-24-22-33-32-16-8-10-18-40(32)45-42(33)41(34)38/h1-26H. The Kier molecular flexibility index (Phi) is 5.19. The van der Waals surface area contributed by atoms with E-state index in [0.29, 0.717) is 0 Å². The van der Waals surface area contributed by atoms with Crippen molar-refractivity contribution in [2.75, 3.05) is 0 Å². The van der Waals surface area contributed by atoms with E-state index in [-0.39, 0.29) is 0 Å². The zero-order valence-corrected chi connectivity index (χ0v) is 25.1. The number of hydrogen-bond donors (Lipinski definition) is 0. The number of aromatic nitrogens is 2. The molecule has 0 bridgehead atoms. The molecule has 0 atom stereocenters. The van der Waals surface area contributed by atoms with Crippen LogP contribution in [0.25, 0.3) is 86.3 Å². The fourth-order valence-electron chi connectivity index (χ4n) is 7.33. The van der Waals surface area contributed by atoms with E-state index in [1.807, 2.05) is 11.3 Å². The first-order chi connectivity index (χ1) is 22.3. The Labute approximate surface area is 263 Å². The smallest absolute Gasteiger partial charge is 0.0562 e. The molecule has 0 aliphatic rings. The van der Waals surface area contributed by atoms with Gasteiger partial charge >= 0.3 is 0 Å². The largest absolute Gasteiger partial charge is 0.309 e. The number of nitrogens with zero attached hydrogens (tertiary/aromatic N) is 2. The van der Waals surface area contributed by atoms with Gasteiger partial charge in [-0.25, -0.2) is 0 Å². The lowest BCUT2D eigenvalue weighted by molar-refractivity contribution is 1.15. The van der Waals surface area contributed by atoms with Gasteiger partial charge in [0.2, 0.25) is 0 Å². The van der Waals surface area contributed by atoms with Gasteiger partial charge in [0, 0.05) is 53.1 Å². The molecule has 0 saturated heterocycles. The van der Waals surface area contributed by atoms with Crippen molar-refractivity contribution < 1.29 is 0 Å². The highest BCUT2D eigenvalue weighted by molar-refractivity contribution is 7.26. The van der Waals surface area contributed by atoms with Crippen molar-refractivity contribution >= 4 is 75.1 Å². The monoisotopic (exact) mass is 590 g/mol. The van der Waals surface area contributed by atoms with Crippen molar-refractivity contribution in [3.8, 4) is 22.5 Å². The number of benzene rings is 7. The van der Waals surface area contributed by atoms with Crippen LogP contribution in [-0.2, 0) is 0 Å². The highest BCUT2D eigenvalue weighted by Gasteiger charge is 2.19. The average molecular weight is 591 g/mol. The molecule has 0 N–H and O–H groups in total. The molecule has 3 heteroatoms. The number of thiophene rings is 1. The number of fused-ring (bicyclic) bond motifs is 10. The van der Waals surface area contributed by atoms with Crippen LogP contribution in [0, 0.1) is 0 Å². The molecule has 0 amide bonds. The first-order valence-corrected chi connectivity index (χ1v) is 16.2. The summed E-state index contributed by atoms with van der Waals surface area (Å²) in [5, 5.41) is 7.80. The number of hydrogen-bond acceptors (Lipinski definition) is 1. The third kappa shape index (κ3) is 3.56. The quantitative estimate of drug-likeness (QED) is 0.194. The summed E-state index contributed by atoms with van der Waals surface area (Å²) >= 11 is 1.90. The molecule has 0 unspecified atom stereocenters. The van der Waals surface area contributed by atoms with Gasteiger partial charge in [-0.1, -0.05) is 103 Å². The normalized spacial score (nSPS) is 12.0. The molecule has 45 heavy (non-hydrogen) atoms. The van der Waals surface area contributed by atoms with Crippen LogP contribution in [0.1, 0.15) is 0 Å². The molecule has 0 fully saturated rings. The number of para-hydroxylation sites is 2. The highest BCUT2D eigenvalue weighted by atomic mass is 32.1. The van der Waals surface area contributed by atoms with Crippen molar-refractivity contribution in [2.45, 2.75) is 0 Å². The summed E-state index contributed by atoms with van der Waals surface area (Å²) in [4.78, 5) is 0. The topological polar surface area (TPSA) is 9.86 Å². The lowest BCUT2D eigenvalue weighted by atomic mass is 10.0. The molecule has 0 aliphatic heterocycles. The van der Waals surface area contributed by atoms with E-state index in [1.54, 1.807) is 0 Å². The van der Waals surface area contributed by atoms with E-state index in [2.05, 4.69) is 167 Å². The molecular formula is C42H26N2S. The molecule has 2 nitrogen and oxygen atoms in total. The van der Waals surface area contributed by atoms with Crippen LogP contribution in [0.3, 0.4) is 0 Å². The van der Waals surface area contributed by atoms with Gasteiger partial charge in [-0.2, -0.15) is 0 Å². The first-order valence-electron chi connectivity index (χ1n) is 15.4. The SMILES string of the molecule is c1ccc(-c2ccc3c(c2)c2ccccc2n3-c2ccc3c4c5sc6ccccc6c5ccc4n(-c4ccccc4)c3c2)cc1. The van der Waals surface area contributed by atoms with E-state index in [9.17, 15) is 0 Å². The maximum Gasteiger partial charge on any atom is 0.0562 e. The van der Waals surface area contributed by atoms with Crippen molar-refractivity contribution in [3.63, 3.8) is 0 Å². The van der Waals surface area contributed by atoms with Gasteiger partial charge in [-0.15, -0.1) is 11.3 Å². The van der Waals surface area contributed by atoms with Crippen LogP contribution in [0.5, 0.6) is 0 Å². The summed E-state index contributed by atoms with van der Waals surface area (Å²) < 4.78 is 7.56. The lowest BCUT2D eigenvalue weighted by Crippen LogP contribution is -1.96. The Morgan fingerprint density at radius 1 is 0.356 bits per heavy atom. The zero-order chi connectivity index (χ0) is 29.5. The van der Waals surface area contributed by atoms with Gasteiger partial charge in [0.1, 0.15) is 0 Å². The third-order valence-corrected chi connectivity index (χ3v) is 10.5.